The van der Waals surface area contributed by atoms with Gasteiger partial charge in [0, 0.05) is 24.5 Å². The molecule has 1 aromatic heterocycles. The first kappa shape index (κ1) is 21.7. The minimum absolute atomic E-state index is 0.0581. The predicted octanol–water partition coefficient (Wildman–Crippen LogP) is 2.61. The molecule has 0 radical (unpaired) electrons. The van der Waals surface area contributed by atoms with Gasteiger partial charge in [0.15, 0.2) is 5.16 Å². The zero-order chi connectivity index (χ0) is 20.7. The van der Waals surface area contributed by atoms with Gasteiger partial charge in [-0.2, -0.15) is 0 Å². The third kappa shape index (κ3) is 6.53. The molecule has 0 saturated heterocycles. The summed E-state index contributed by atoms with van der Waals surface area (Å²) in [7, 11) is 1.58. The number of carbonyl (C=O) groups is 2. The molecule has 1 atom stereocenters. The number of nitrogens with one attached hydrogen (secondary N) is 2. The van der Waals surface area contributed by atoms with Gasteiger partial charge in [0.25, 0.3) is 5.56 Å². The first-order valence-electron chi connectivity index (χ1n) is 9.17. The number of aromatic amines is 1. The maximum atomic E-state index is 12.6. The number of likely N-dealkylation sites (N-methyl/N-ethyl adjacent to an activating group) is 1. The summed E-state index contributed by atoms with van der Waals surface area (Å²) in [6.45, 7) is 5.65. The van der Waals surface area contributed by atoms with E-state index in [1.807, 2.05) is 38.1 Å². The number of H-pyrrole nitrogens is 1. The van der Waals surface area contributed by atoms with Crippen LogP contribution in [-0.4, -0.2) is 45.5 Å². The SMILES string of the molecule is CCCc1cc(=O)[nH]c(S[C@@H](C)C(=O)N(C)CC(=O)Nc2ccc(C)cc2)n1. The van der Waals surface area contributed by atoms with E-state index in [4.69, 9.17) is 0 Å². The van der Waals surface area contributed by atoms with E-state index in [0.717, 1.165) is 12.0 Å². The normalized spacial score (nSPS) is 11.7. The highest BCUT2D eigenvalue weighted by molar-refractivity contribution is 8.00. The molecule has 0 spiro atoms. The number of benzene rings is 1. The fourth-order valence-corrected chi connectivity index (χ4v) is 3.53. The Hall–Kier alpha value is -2.61. The molecular formula is C20H26N4O3S. The summed E-state index contributed by atoms with van der Waals surface area (Å²) < 4.78 is 0. The molecule has 2 aromatic rings. The minimum Gasteiger partial charge on any atom is -0.335 e. The molecule has 0 aliphatic heterocycles. The molecular weight excluding hydrogens is 376 g/mol. The van der Waals surface area contributed by atoms with Crippen LogP contribution in [0.5, 0.6) is 0 Å². The van der Waals surface area contributed by atoms with Crippen molar-refractivity contribution in [3.05, 3.63) is 51.9 Å². The van der Waals surface area contributed by atoms with Crippen molar-refractivity contribution in [2.45, 2.75) is 44.0 Å². The van der Waals surface area contributed by atoms with Gasteiger partial charge in [-0.05, 0) is 32.4 Å². The van der Waals surface area contributed by atoms with E-state index < -0.39 is 5.25 Å². The summed E-state index contributed by atoms with van der Waals surface area (Å²) in [5, 5.41) is 2.70. The van der Waals surface area contributed by atoms with Crippen molar-refractivity contribution in [1.82, 2.24) is 14.9 Å². The third-order valence-electron chi connectivity index (χ3n) is 4.01. The van der Waals surface area contributed by atoms with E-state index in [1.165, 1.54) is 22.7 Å². The number of nitrogens with zero attached hydrogens (tertiary/aromatic N) is 2. The molecule has 0 aliphatic rings. The number of aromatic nitrogens is 2. The van der Waals surface area contributed by atoms with E-state index in [2.05, 4.69) is 15.3 Å². The molecule has 2 rings (SSSR count). The lowest BCUT2D eigenvalue weighted by Crippen LogP contribution is -2.39. The Kier molecular flexibility index (Phi) is 7.80. The van der Waals surface area contributed by atoms with Crippen LogP contribution < -0.4 is 10.9 Å². The molecule has 1 aromatic carbocycles. The van der Waals surface area contributed by atoms with Gasteiger partial charge in [0.05, 0.1) is 11.8 Å². The van der Waals surface area contributed by atoms with Gasteiger partial charge >= 0.3 is 0 Å². The van der Waals surface area contributed by atoms with Crippen molar-refractivity contribution >= 4 is 29.3 Å². The van der Waals surface area contributed by atoms with E-state index in [-0.39, 0.29) is 23.9 Å². The summed E-state index contributed by atoms with van der Waals surface area (Å²) >= 11 is 1.18. The van der Waals surface area contributed by atoms with Crippen LogP contribution >= 0.6 is 11.8 Å². The third-order valence-corrected chi connectivity index (χ3v) is 4.98. The highest BCUT2D eigenvalue weighted by atomic mass is 32.2. The van der Waals surface area contributed by atoms with Crippen LogP contribution in [0.2, 0.25) is 0 Å². The Bertz CT molecular complexity index is 880. The van der Waals surface area contributed by atoms with Crippen LogP contribution in [0.1, 0.15) is 31.5 Å². The number of anilines is 1. The molecule has 0 saturated carbocycles. The summed E-state index contributed by atoms with van der Waals surface area (Å²) in [4.78, 5) is 44.9. The number of thioether (sulfide) groups is 1. The van der Waals surface area contributed by atoms with Crippen molar-refractivity contribution in [3.63, 3.8) is 0 Å². The first-order chi connectivity index (χ1) is 13.3. The molecule has 2 N–H and O–H groups in total. The Balaban J connectivity index is 1.93. The van der Waals surface area contributed by atoms with Crippen molar-refractivity contribution in [2.24, 2.45) is 0 Å². The molecule has 0 fully saturated rings. The number of rotatable bonds is 8. The molecule has 0 unspecified atom stereocenters. The Morgan fingerprint density at radius 2 is 1.96 bits per heavy atom. The number of carbonyl (C=O) groups excluding carboxylic acids is 2. The maximum absolute atomic E-state index is 12.6. The quantitative estimate of drug-likeness (QED) is 0.523. The lowest BCUT2D eigenvalue weighted by Gasteiger charge is -2.20. The standard InChI is InChI=1S/C20H26N4O3S/c1-5-6-16-11-17(25)23-20(22-16)28-14(3)19(27)24(4)12-18(26)21-15-9-7-13(2)8-10-15/h7-11,14H,5-6,12H2,1-4H3,(H,21,26)(H,22,23,25)/t14-/m0/s1. The Labute approximate surface area is 168 Å². The molecule has 0 aliphatic carbocycles. The van der Waals surface area contributed by atoms with Gasteiger partial charge in [0.2, 0.25) is 11.8 Å². The Morgan fingerprint density at radius 3 is 2.61 bits per heavy atom. The molecule has 2 amide bonds. The minimum atomic E-state index is -0.489. The van der Waals surface area contributed by atoms with Gasteiger partial charge in [-0.25, -0.2) is 4.98 Å². The molecule has 7 nitrogen and oxygen atoms in total. The lowest BCUT2D eigenvalue weighted by atomic mass is 10.2. The summed E-state index contributed by atoms with van der Waals surface area (Å²) in [6.07, 6.45) is 1.59. The highest BCUT2D eigenvalue weighted by Gasteiger charge is 2.21. The maximum Gasteiger partial charge on any atom is 0.251 e. The van der Waals surface area contributed by atoms with Gasteiger partial charge in [-0.3, -0.25) is 14.4 Å². The first-order valence-corrected chi connectivity index (χ1v) is 10.0. The summed E-state index contributed by atoms with van der Waals surface area (Å²) in [6, 6.07) is 8.92. The number of hydrogen-bond donors (Lipinski definition) is 2. The largest absolute Gasteiger partial charge is 0.335 e. The van der Waals surface area contributed by atoms with Gasteiger partial charge in [-0.1, -0.05) is 42.8 Å². The fourth-order valence-electron chi connectivity index (χ4n) is 2.58. The van der Waals surface area contributed by atoms with Gasteiger partial charge in [0.1, 0.15) is 0 Å². The lowest BCUT2D eigenvalue weighted by molar-refractivity contribution is -0.132. The zero-order valence-electron chi connectivity index (χ0n) is 16.6. The Morgan fingerprint density at radius 1 is 1.29 bits per heavy atom. The molecule has 1 heterocycles. The topological polar surface area (TPSA) is 95.2 Å². The molecule has 0 bridgehead atoms. The number of aryl methyl sites for hydroxylation is 2. The van der Waals surface area contributed by atoms with Crippen molar-refractivity contribution in [1.29, 1.82) is 0 Å². The summed E-state index contributed by atoms with van der Waals surface area (Å²) in [5.74, 6) is -0.485. The molecule has 28 heavy (non-hydrogen) atoms. The fraction of sp³-hybridized carbons (Fsp3) is 0.400. The molecule has 8 heteroatoms. The van der Waals surface area contributed by atoms with E-state index in [1.54, 1.807) is 14.0 Å². The van der Waals surface area contributed by atoms with E-state index >= 15 is 0 Å². The van der Waals surface area contributed by atoms with Crippen LogP contribution in [0.15, 0.2) is 40.3 Å². The van der Waals surface area contributed by atoms with Crippen LogP contribution in [0.25, 0.3) is 0 Å². The monoisotopic (exact) mass is 402 g/mol. The van der Waals surface area contributed by atoms with E-state index in [9.17, 15) is 14.4 Å². The zero-order valence-corrected chi connectivity index (χ0v) is 17.4. The highest BCUT2D eigenvalue weighted by Crippen LogP contribution is 2.20. The van der Waals surface area contributed by atoms with Crippen molar-refractivity contribution in [2.75, 3.05) is 18.9 Å². The average molecular weight is 403 g/mol. The van der Waals surface area contributed by atoms with Crippen LogP contribution in [0.4, 0.5) is 5.69 Å². The molecule has 150 valence electrons. The predicted molar refractivity (Wildman–Crippen MR) is 112 cm³/mol. The van der Waals surface area contributed by atoms with Crippen LogP contribution in [0.3, 0.4) is 0 Å². The van der Waals surface area contributed by atoms with Crippen molar-refractivity contribution < 1.29 is 9.59 Å². The van der Waals surface area contributed by atoms with E-state index in [0.29, 0.717) is 23.0 Å². The second-order valence-corrected chi connectivity index (χ2v) is 7.99. The number of hydrogen-bond acceptors (Lipinski definition) is 5. The average Bonchev–Trinajstić information content (AvgIpc) is 2.62. The number of amides is 2. The van der Waals surface area contributed by atoms with Gasteiger partial charge in [-0.15, -0.1) is 0 Å². The summed E-state index contributed by atoms with van der Waals surface area (Å²) in [5.41, 5.74) is 2.27. The second-order valence-electron chi connectivity index (χ2n) is 6.66. The van der Waals surface area contributed by atoms with Crippen LogP contribution in [-0.2, 0) is 16.0 Å². The smallest absolute Gasteiger partial charge is 0.251 e. The van der Waals surface area contributed by atoms with Crippen molar-refractivity contribution in [3.8, 4) is 0 Å². The van der Waals surface area contributed by atoms with Crippen LogP contribution in [0, 0.1) is 6.92 Å². The second kappa shape index (κ2) is 10.1. The van der Waals surface area contributed by atoms with Gasteiger partial charge < -0.3 is 15.2 Å².